The van der Waals surface area contributed by atoms with Crippen molar-refractivity contribution < 1.29 is 19.0 Å². The normalized spacial score (nSPS) is 33.6. The summed E-state index contributed by atoms with van der Waals surface area (Å²) < 4.78 is 15.8. The van der Waals surface area contributed by atoms with Crippen molar-refractivity contribution in [1.29, 1.82) is 0 Å². The van der Waals surface area contributed by atoms with Crippen LogP contribution in [-0.4, -0.2) is 32.1 Å². The van der Waals surface area contributed by atoms with Crippen molar-refractivity contribution in [3.8, 4) is 0 Å². The van der Waals surface area contributed by atoms with Crippen LogP contribution in [0.5, 0.6) is 0 Å². The highest BCUT2D eigenvalue weighted by Gasteiger charge is 2.38. The molecule has 104 valence electrons. The standard InChI is InChI=1S/C14H24O4/c1-3-10-5-11(4-2)13(6-10)14(15)18-12-7-16-9-17-8-12/h10-13H,3-9H2,1-2H3. The Balaban J connectivity index is 1.86. The molecule has 1 saturated heterocycles. The molecule has 0 bridgehead atoms. The van der Waals surface area contributed by atoms with E-state index in [4.69, 9.17) is 14.2 Å². The molecule has 3 unspecified atom stereocenters. The Hall–Kier alpha value is -0.610. The van der Waals surface area contributed by atoms with Crippen LogP contribution in [0.2, 0.25) is 0 Å². The third-order valence-corrected chi connectivity index (χ3v) is 4.25. The van der Waals surface area contributed by atoms with E-state index < -0.39 is 0 Å². The van der Waals surface area contributed by atoms with Crippen LogP contribution in [0.1, 0.15) is 39.5 Å². The van der Waals surface area contributed by atoms with Crippen LogP contribution in [0.15, 0.2) is 0 Å². The van der Waals surface area contributed by atoms with Crippen molar-refractivity contribution in [2.24, 2.45) is 17.8 Å². The molecule has 0 amide bonds. The predicted octanol–water partition coefficient (Wildman–Crippen LogP) is 2.36. The largest absolute Gasteiger partial charge is 0.457 e. The molecule has 0 spiro atoms. The Morgan fingerprint density at radius 2 is 1.89 bits per heavy atom. The fourth-order valence-electron chi connectivity index (χ4n) is 3.10. The summed E-state index contributed by atoms with van der Waals surface area (Å²) in [4.78, 5) is 12.2. The van der Waals surface area contributed by atoms with Gasteiger partial charge in [0.2, 0.25) is 0 Å². The molecule has 1 saturated carbocycles. The van der Waals surface area contributed by atoms with Gasteiger partial charge in [0.1, 0.15) is 12.9 Å². The predicted molar refractivity (Wildman–Crippen MR) is 66.9 cm³/mol. The van der Waals surface area contributed by atoms with Gasteiger partial charge in [0.25, 0.3) is 0 Å². The summed E-state index contributed by atoms with van der Waals surface area (Å²) in [6.45, 7) is 5.61. The van der Waals surface area contributed by atoms with Gasteiger partial charge in [-0.3, -0.25) is 4.79 Å². The van der Waals surface area contributed by atoms with E-state index in [0.717, 1.165) is 19.3 Å². The van der Waals surface area contributed by atoms with Gasteiger partial charge in [-0.25, -0.2) is 0 Å². The van der Waals surface area contributed by atoms with E-state index >= 15 is 0 Å². The highest BCUT2D eigenvalue weighted by Crippen LogP contribution is 2.40. The summed E-state index contributed by atoms with van der Waals surface area (Å²) in [7, 11) is 0. The van der Waals surface area contributed by atoms with Crippen LogP contribution in [-0.2, 0) is 19.0 Å². The summed E-state index contributed by atoms with van der Waals surface area (Å²) in [5.74, 6) is 1.22. The maximum Gasteiger partial charge on any atom is 0.309 e. The molecule has 4 heteroatoms. The van der Waals surface area contributed by atoms with Crippen LogP contribution in [0.4, 0.5) is 0 Å². The molecule has 1 aliphatic heterocycles. The molecule has 3 atom stereocenters. The van der Waals surface area contributed by atoms with E-state index in [-0.39, 0.29) is 18.0 Å². The molecule has 2 aliphatic rings. The van der Waals surface area contributed by atoms with E-state index in [9.17, 15) is 4.79 Å². The first-order chi connectivity index (χ1) is 8.74. The van der Waals surface area contributed by atoms with Gasteiger partial charge in [-0.15, -0.1) is 0 Å². The van der Waals surface area contributed by atoms with Crippen LogP contribution in [0.25, 0.3) is 0 Å². The molecule has 0 N–H and O–H groups in total. The summed E-state index contributed by atoms with van der Waals surface area (Å²) in [6.07, 6.45) is 4.17. The minimum absolute atomic E-state index is 0.0445. The second-order valence-electron chi connectivity index (χ2n) is 5.44. The van der Waals surface area contributed by atoms with E-state index in [1.54, 1.807) is 0 Å². The number of carbonyl (C=O) groups excluding carboxylic acids is 1. The van der Waals surface area contributed by atoms with Crippen LogP contribution >= 0.6 is 0 Å². The van der Waals surface area contributed by atoms with Gasteiger partial charge in [0.05, 0.1) is 19.1 Å². The van der Waals surface area contributed by atoms with Gasteiger partial charge in [-0.1, -0.05) is 26.7 Å². The van der Waals surface area contributed by atoms with E-state index in [1.807, 2.05) is 0 Å². The number of rotatable bonds is 4. The van der Waals surface area contributed by atoms with E-state index in [1.165, 1.54) is 6.42 Å². The SMILES string of the molecule is CCC1CC(CC)C(C(=O)OC2COCOC2)C1. The Morgan fingerprint density at radius 3 is 2.50 bits per heavy atom. The van der Waals surface area contributed by atoms with E-state index in [2.05, 4.69) is 13.8 Å². The first-order valence-corrected chi connectivity index (χ1v) is 7.10. The van der Waals surface area contributed by atoms with Crippen molar-refractivity contribution >= 4 is 5.97 Å². The molecule has 4 nitrogen and oxygen atoms in total. The number of carbonyl (C=O) groups is 1. The third-order valence-electron chi connectivity index (χ3n) is 4.25. The zero-order chi connectivity index (χ0) is 13.0. The Bertz CT molecular complexity index is 273. The van der Waals surface area contributed by atoms with Crippen LogP contribution < -0.4 is 0 Å². The van der Waals surface area contributed by atoms with Gasteiger partial charge >= 0.3 is 5.97 Å². The molecule has 18 heavy (non-hydrogen) atoms. The first-order valence-electron chi connectivity index (χ1n) is 7.10. The van der Waals surface area contributed by atoms with Gasteiger partial charge < -0.3 is 14.2 Å². The molecule has 0 radical (unpaired) electrons. The average Bonchev–Trinajstić information content (AvgIpc) is 2.83. The summed E-state index contributed by atoms with van der Waals surface area (Å²) in [5, 5.41) is 0. The monoisotopic (exact) mass is 256 g/mol. The number of ether oxygens (including phenoxy) is 3. The van der Waals surface area contributed by atoms with Crippen LogP contribution in [0.3, 0.4) is 0 Å². The lowest BCUT2D eigenvalue weighted by molar-refractivity contribution is -0.187. The number of esters is 1. The molecule has 1 aliphatic carbocycles. The second-order valence-corrected chi connectivity index (χ2v) is 5.44. The van der Waals surface area contributed by atoms with Gasteiger partial charge in [0, 0.05) is 0 Å². The minimum Gasteiger partial charge on any atom is -0.457 e. The molecular weight excluding hydrogens is 232 g/mol. The summed E-state index contributed by atoms with van der Waals surface area (Å²) in [6, 6.07) is 0. The van der Waals surface area contributed by atoms with Crippen molar-refractivity contribution in [2.75, 3.05) is 20.0 Å². The highest BCUT2D eigenvalue weighted by molar-refractivity contribution is 5.73. The Labute approximate surface area is 109 Å². The lowest BCUT2D eigenvalue weighted by Gasteiger charge is -2.25. The molecule has 2 fully saturated rings. The first kappa shape index (κ1) is 13.8. The van der Waals surface area contributed by atoms with Crippen molar-refractivity contribution in [2.45, 2.75) is 45.6 Å². The lowest BCUT2D eigenvalue weighted by atomic mass is 9.94. The fourth-order valence-corrected chi connectivity index (χ4v) is 3.10. The topological polar surface area (TPSA) is 44.8 Å². The Kier molecular flexibility index (Phi) is 5.01. The van der Waals surface area contributed by atoms with Crippen molar-refractivity contribution in [3.63, 3.8) is 0 Å². The average molecular weight is 256 g/mol. The van der Waals surface area contributed by atoms with Crippen molar-refractivity contribution in [1.82, 2.24) is 0 Å². The summed E-state index contributed by atoms with van der Waals surface area (Å²) >= 11 is 0. The second kappa shape index (κ2) is 6.53. The molecule has 0 aromatic carbocycles. The van der Waals surface area contributed by atoms with Gasteiger partial charge in [-0.05, 0) is 24.7 Å². The van der Waals surface area contributed by atoms with Crippen LogP contribution in [0, 0.1) is 17.8 Å². The van der Waals surface area contributed by atoms with Crippen molar-refractivity contribution in [3.05, 3.63) is 0 Å². The minimum atomic E-state index is -0.218. The van der Waals surface area contributed by atoms with Gasteiger partial charge in [-0.2, -0.15) is 0 Å². The van der Waals surface area contributed by atoms with Gasteiger partial charge in [0.15, 0.2) is 0 Å². The molecule has 0 aromatic rings. The Morgan fingerprint density at radius 1 is 1.17 bits per heavy atom. The zero-order valence-corrected chi connectivity index (χ0v) is 11.4. The molecular formula is C14H24O4. The maximum absolute atomic E-state index is 12.2. The third kappa shape index (κ3) is 3.23. The van der Waals surface area contributed by atoms with E-state index in [0.29, 0.717) is 31.8 Å². The summed E-state index contributed by atoms with van der Waals surface area (Å²) in [5.41, 5.74) is 0. The molecule has 2 rings (SSSR count). The number of hydrogen-bond donors (Lipinski definition) is 0. The smallest absolute Gasteiger partial charge is 0.309 e. The molecule has 1 heterocycles. The fraction of sp³-hybridized carbons (Fsp3) is 0.929. The lowest BCUT2D eigenvalue weighted by Crippen LogP contribution is -2.36. The highest BCUT2D eigenvalue weighted by atomic mass is 16.7. The quantitative estimate of drug-likeness (QED) is 0.724. The number of hydrogen-bond acceptors (Lipinski definition) is 4. The zero-order valence-electron chi connectivity index (χ0n) is 11.4. The molecule has 0 aromatic heterocycles. The maximum atomic E-state index is 12.2.